The number of anilines is 1. The van der Waals surface area contributed by atoms with Crippen molar-refractivity contribution in [2.24, 2.45) is 4.99 Å². The molecule has 1 aromatic heterocycles. The van der Waals surface area contributed by atoms with Crippen LogP contribution in [0, 0.1) is 13.8 Å². The van der Waals surface area contributed by atoms with E-state index < -0.39 is 0 Å². The number of carbonyl (C=O) groups excluding carboxylic acids is 1. The molecule has 34 heavy (non-hydrogen) atoms. The van der Waals surface area contributed by atoms with E-state index in [9.17, 15) is 4.79 Å². The first-order valence-corrected chi connectivity index (χ1v) is 12.4. The fourth-order valence-corrected chi connectivity index (χ4v) is 5.09. The van der Waals surface area contributed by atoms with Crippen LogP contribution in [0.25, 0.3) is 17.4 Å². The van der Waals surface area contributed by atoms with E-state index in [2.05, 4.69) is 15.9 Å². The van der Waals surface area contributed by atoms with Crippen molar-refractivity contribution in [1.29, 1.82) is 0 Å². The lowest BCUT2D eigenvalue weighted by molar-refractivity contribution is -0.113. The SMILES string of the molecule is Cc1ccccc1N=C1S/C(=C/c2ccc(-c3cccc(Br)c3)o2)C(=O)N1c1ccccc1C. The van der Waals surface area contributed by atoms with Crippen molar-refractivity contribution < 1.29 is 9.21 Å². The lowest BCUT2D eigenvalue weighted by Gasteiger charge is -2.18. The summed E-state index contributed by atoms with van der Waals surface area (Å²) in [7, 11) is 0. The molecule has 1 amide bonds. The molecule has 1 fully saturated rings. The maximum absolute atomic E-state index is 13.6. The minimum Gasteiger partial charge on any atom is -0.457 e. The van der Waals surface area contributed by atoms with E-state index >= 15 is 0 Å². The Morgan fingerprint density at radius 2 is 1.68 bits per heavy atom. The number of rotatable bonds is 4. The highest BCUT2D eigenvalue weighted by molar-refractivity contribution is 9.10. The van der Waals surface area contributed by atoms with Crippen molar-refractivity contribution in [3.05, 3.63) is 111 Å². The van der Waals surface area contributed by atoms with Gasteiger partial charge in [-0.15, -0.1) is 0 Å². The van der Waals surface area contributed by atoms with Crippen LogP contribution in [0.15, 0.2) is 104 Å². The summed E-state index contributed by atoms with van der Waals surface area (Å²) in [5, 5.41) is 0.624. The number of aliphatic imine (C=N–C) groups is 1. The molecule has 3 aromatic carbocycles. The summed E-state index contributed by atoms with van der Waals surface area (Å²) in [6.45, 7) is 4.01. The number of aryl methyl sites for hydroxylation is 2. The molecular formula is C28H21BrN2O2S. The number of carbonyl (C=O) groups is 1. The van der Waals surface area contributed by atoms with Gasteiger partial charge in [0.15, 0.2) is 5.17 Å². The summed E-state index contributed by atoms with van der Waals surface area (Å²) >= 11 is 4.85. The molecule has 1 aliphatic rings. The Kier molecular flexibility index (Phi) is 6.26. The molecule has 168 valence electrons. The third-order valence-corrected chi connectivity index (χ3v) is 6.97. The number of furan rings is 1. The van der Waals surface area contributed by atoms with Gasteiger partial charge in [0.25, 0.3) is 5.91 Å². The number of benzene rings is 3. The highest BCUT2D eigenvalue weighted by Crippen LogP contribution is 2.39. The highest BCUT2D eigenvalue weighted by atomic mass is 79.9. The summed E-state index contributed by atoms with van der Waals surface area (Å²) in [5.41, 5.74) is 4.69. The molecule has 0 unspecified atom stereocenters. The second kappa shape index (κ2) is 9.49. The smallest absolute Gasteiger partial charge is 0.271 e. The number of halogens is 1. The van der Waals surface area contributed by atoms with Gasteiger partial charge >= 0.3 is 0 Å². The summed E-state index contributed by atoms with van der Waals surface area (Å²) in [6.07, 6.45) is 1.79. The van der Waals surface area contributed by atoms with Gasteiger partial charge in [-0.25, -0.2) is 4.99 Å². The standard InChI is InChI=1S/C28H21BrN2O2S/c1-18-8-3-5-12-23(18)30-28-31(24-13-6-4-9-19(24)2)27(32)26(34-28)17-22-14-15-25(33-22)20-10-7-11-21(29)16-20/h3-17H,1-2H3/b26-17+,30-28?. The van der Waals surface area contributed by atoms with Gasteiger partial charge in [0.1, 0.15) is 11.5 Å². The van der Waals surface area contributed by atoms with Gasteiger partial charge in [-0.05, 0) is 73.1 Å². The molecule has 0 atom stereocenters. The molecule has 1 saturated heterocycles. The van der Waals surface area contributed by atoms with E-state index in [1.807, 2.05) is 98.8 Å². The number of amidine groups is 1. The molecule has 0 bridgehead atoms. The van der Waals surface area contributed by atoms with Crippen LogP contribution in [0.5, 0.6) is 0 Å². The number of amides is 1. The molecule has 0 aliphatic carbocycles. The first-order chi connectivity index (χ1) is 16.5. The van der Waals surface area contributed by atoms with Gasteiger partial charge in [-0.1, -0.05) is 64.5 Å². The maximum atomic E-state index is 13.6. The number of para-hydroxylation sites is 2. The topological polar surface area (TPSA) is 45.8 Å². The fourth-order valence-electron chi connectivity index (χ4n) is 3.72. The van der Waals surface area contributed by atoms with Gasteiger partial charge in [-0.2, -0.15) is 0 Å². The van der Waals surface area contributed by atoms with Gasteiger partial charge in [0, 0.05) is 16.1 Å². The van der Waals surface area contributed by atoms with Crippen LogP contribution in [0.4, 0.5) is 11.4 Å². The van der Waals surface area contributed by atoms with Gasteiger partial charge in [-0.3, -0.25) is 9.69 Å². The van der Waals surface area contributed by atoms with Crippen LogP contribution in [0.1, 0.15) is 16.9 Å². The number of hydrogen-bond acceptors (Lipinski definition) is 4. The van der Waals surface area contributed by atoms with Crippen LogP contribution in [-0.2, 0) is 4.79 Å². The average Bonchev–Trinajstić information content (AvgIpc) is 3.41. The molecule has 4 aromatic rings. The fraction of sp³-hybridized carbons (Fsp3) is 0.0714. The minimum absolute atomic E-state index is 0.118. The second-order valence-electron chi connectivity index (χ2n) is 7.93. The molecule has 5 rings (SSSR count). The van der Waals surface area contributed by atoms with Crippen molar-refractivity contribution in [3.63, 3.8) is 0 Å². The lowest BCUT2D eigenvalue weighted by Crippen LogP contribution is -2.29. The lowest BCUT2D eigenvalue weighted by atomic mass is 10.2. The first kappa shape index (κ1) is 22.4. The Morgan fingerprint density at radius 1 is 0.912 bits per heavy atom. The monoisotopic (exact) mass is 528 g/mol. The number of hydrogen-bond donors (Lipinski definition) is 0. The Labute approximate surface area is 211 Å². The molecule has 1 aliphatic heterocycles. The first-order valence-electron chi connectivity index (χ1n) is 10.8. The average molecular weight is 529 g/mol. The van der Waals surface area contributed by atoms with E-state index in [1.165, 1.54) is 11.8 Å². The Bertz CT molecular complexity index is 1450. The molecule has 0 saturated carbocycles. The van der Waals surface area contributed by atoms with E-state index in [0.29, 0.717) is 15.8 Å². The van der Waals surface area contributed by atoms with Crippen LogP contribution >= 0.6 is 27.7 Å². The van der Waals surface area contributed by atoms with Crippen LogP contribution in [0.3, 0.4) is 0 Å². The second-order valence-corrected chi connectivity index (χ2v) is 9.86. The third kappa shape index (κ3) is 4.52. The highest BCUT2D eigenvalue weighted by Gasteiger charge is 2.35. The Balaban J connectivity index is 1.54. The van der Waals surface area contributed by atoms with Crippen LogP contribution in [-0.4, -0.2) is 11.1 Å². The Morgan fingerprint density at radius 3 is 2.44 bits per heavy atom. The normalized spacial score (nSPS) is 16.1. The van der Waals surface area contributed by atoms with Gasteiger partial charge < -0.3 is 4.42 Å². The molecule has 0 radical (unpaired) electrons. The van der Waals surface area contributed by atoms with Crippen molar-refractivity contribution in [2.45, 2.75) is 13.8 Å². The van der Waals surface area contributed by atoms with Crippen LogP contribution in [0.2, 0.25) is 0 Å². The maximum Gasteiger partial charge on any atom is 0.271 e. The van der Waals surface area contributed by atoms with Crippen LogP contribution < -0.4 is 4.90 Å². The summed E-state index contributed by atoms with van der Waals surface area (Å²) in [4.78, 5) is 20.7. The minimum atomic E-state index is -0.118. The molecular weight excluding hydrogens is 508 g/mol. The zero-order chi connectivity index (χ0) is 23.7. The predicted octanol–water partition coefficient (Wildman–Crippen LogP) is 8.13. The van der Waals surface area contributed by atoms with Gasteiger partial charge in [0.2, 0.25) is 0 Å². The zero-order valence-electron chi connectivity index (χ0n) is 18.7. The quantitative estimate of drug-likeness (QED) is 0.251. The van der Waals surface area contributed by atoms with Crippen molar-refractivity contribution >= 4 is 56.2 Å². The number of thioether (sulfide) groups is 1. The summed E-state index contributed by atoms with van der Waals surface area (Å²) in [6, 6.07) is 27.5. The van der Waals surface area contributed by atoms with Gasteiger partial charge in [0.05, 0.1) is 16.3 Å². The largest absolute Gasteiger partial charge is 0.457 e. The third-order valence-electron chi connectivity index (χ3n) is 5.50. The summed E-state index contributed by atoms with van der Waals surface area (Å²) in [5.74, 6) is 1.24. The molecule has 4 nitrogen and oxygen atoms in total. The zero-order valence-corrected chi connectivity index (χ0v) is 21.1. The molecule has 2 heterocycles. The van der Waals surface area contributed by atoms with Crippen molar-refractivity contribution in [3.8, 4) is 11.3 Å². The predicted molar refractivity (Wildman–Crippen MR) is 144 cm³/mol. The van der Waals surface area contributed by atoms with E-state index in [0.717, 1.165) is 38.3 Å². The number of nitrogens with zero attached hydrogens (tertiary/aromatic N) is 2. The van der Waals surface area contributed by atoms with Crippen molar-refractivity contribution in [2.75, 3.05) is 4.90 Å². The van der Waals surface area contributed by atoms with E-state index in [-0.39, 0.29) is 5.91 Å². The molecule has 0 N–H and O–H groups in total. The molecule has 6 heteroatoms. The Hall–Kier alpha value is -3.35. The molecule has 0 spiro atoms. The summed E-state index contributed by atoms with van der Waals surface area (Å²) < 4.78 is 7.03. The van der Waals surface area contributed by atoms with E-state index in [1.54, 1.807) is 11.0 Å². The van der Waals surface area contributed by atoms with E-state index in [4.69, 9.17) is 9.41 Å². The van der Waals surface area contributed by atoms with Crippen molar-refractivity contribution in [1.82, 2.24) is 0 Å².